The van der Waals surface area contributed by atoms with Gasteiger partial charge in [-0.15, -0.1) is 0 Å². The molecule has 3 N–H and O–H groups in total. The molecule has 0 amide bonds. The molecule has 0 unspecified atom stereocenters. The van der Waals surface area contributed by atoms with Crippen molar-refractivity contribution in [3.8, 4) is 0 Å². The highest BCUT2D eigenvalue weighted by molar-refractivity contribution is 4.56. The van der Waals surface area contributed by atoms with Crippen molar-refractivity contribution in [1.29, 1.82) is 0 Å². The van der Waals surface area contributed by atoms with E-state index in [4.69, 9.17) is 9.47 Å². The van der Waals surface area contributed by atoms with E-state index in [1.165, 1.54) is 0 Å². The van der Waals surface area contributed by atoms with Crippen molar-refractivity contribution in [1.82, 2.24) is 0 Å². The Kier molecular flexibility index (Phi) is 2.27. The average Bonchev–Trinajstić information content (AvgIpc) is 1.90. The third-order valence-corrected chi connectivity index (χ3v) is 1.21. The highest BCUT2D eigenvalue weighted by atomic mass is 16.6. The molecule has 1 aliphatic heterocycles. The van der Waals surface area contributed by atoms with Gasteiger partial charge in [-0.05, 0) is 0 Å². The van der Waals surface area contributed by atoms with Gasteiger partial charge in [-0.25, -0.2) is 0 Å². The lowest BCUT2D eigenvalue weighted by Crippen LogP contribution is -2.58. The fraction of sp³-hybridized carbons (Fsp3) is 1.00. The fourth-order valence-electron chi connectivity index (χ4n) is 0.703. The zero-order valence-corrected chi connectivity index (χ0v) is 4.93. The van der Waals surface area contributed by atoms with Gasteiger partial charge in [0.1, 0.15) is 12.6 Å². The minimum absolute atomic E-state index is 0.253. The Morgan fingerprint density at radius 2 is 2.38 bits per heavy atom. The van der Waals surface area contributed by atoms with Crippen LogP contribution in [0.25, 0.3) is 0 Å². The van der Waals surface area contributed by atoms with Crippen molar-refractivity contribution in [2.24, 2.45) is 0 Å². The van der Waals surface area contributed by atoms with E-state index >= 15 is 0 Å². The number of hydrogen-bond acceptors (Lipinski definition) is 2. The molecule has 8 heavy (non-hydrogen) atoms. The lowest BCUT2D eigenvalue weighted by molar-refractivity contribution is -0.391. The summed E-state index contributed by atoms with van der Waals surface area (Å²) < 4.78 is 10.3. The summed E-state index contributed by atoms with van der Waals surface area (Å²) in [4.78, 5) is 0. The molecule has 3 nitrogen and oxygen atoms in total. The van der Waals surface area contributed by atoms with Crippen LogP contribution >= 0.6 is 0 Å². The van der Waals surface area contributed by atoms with E-state index in [0.29, 0.717) is 0 Å². The predicted molar refractivity (Wildman–Crippen MR) is 28.3 cm³/mol. The van der Waals surface area contributed by atoms with Gasteiger partial charge in [0.25, 0.3) is 0 Å². The Morgan fingerprint density at radius 1 is 1.50 bits per heavy atom. The molecule has 0 saturated carbocycles. The summed E-state index contributed by atoms with van der Waals surface area (Å²) in [5, 5.41) is 0. The van der Waals surface area contributed by atoms with E-state index in [2.05, 4.69) is 5.73 Å². The van der Waals surface area contributed by atoms with Gasteiger partial charge in [0.15, 0.2) is 0 Å². The predicted octanol–water partition coefficient (Wildman–Crippen LogP) is -1.36. The van der Waals surface area contributed by atoms with Crippen LogP contribution in [-0.4, -0.2) is 32.5 Å². The van der Waals surface area contributed by atoms with Crippen LogP contribution in [0.3, 0.4) is 0 Å². The summed E-state index contributed by atoms with van der Waals surface area (Å²) in [6.45, 7) is 3.03. The first-order chi connectivity index (χ1) is 3.93. The number of rotatable bonds is 1. The topological polar surface area (TPSA) is 46.1 Å². The summed E-state index contributed by atoms with van der Waals surface area (Å²) in [5.74, 6) is 0. The molecule has 0 spiro atoms. The van der Waals surface area contributed by atoms with E-state index < -0.39 is 0 Å². The standard InChI is InChI=1S/C5H11NO2/c6-3-5-4-7-1-2-8-5/h5H,1-4,6H2/p+1/t5-/m1/s1. The van der Waals surface area contributed by atoms with Gasteiger partial charge >= 0.3 is 0 Å². The molecular weight excluding hydrogens is 106 g/mol. The van der Waals surface area contributed by atoms with Gasteiger partial charge < -0.3 is 15.2 Å². The lowest BCUT2D eigenvalue weighted by atomic mass is 10.3. The lowest BCUT2D eigenvalue weighted by Gasteiger charge is -2.19. The van der Waals surface area contributed by atoms with Crippen LogP contribution in [0.15, 0.2) is 0 Å². The maximum Gasteiger partial charge on any atom is 0.129 e. The number of quaternary nitrogens is 1. The van der Waals surface area contributed by atoms with Gasteiger partial charge in [-0.1, -0.05) is 0 Å². The van der Waals surface area contributed by atoms with Gasteiger partial charge in [0.2, 0.25) is 0 Å². The van der Waals surface area contributed by atoms with Crippen molar-refractivity contribution in [2.45, 2.75) is 6.10 Å². The average molecular weight is 118 g/mol. The quantitative estimate of drug-likeness (QED) is 0.462. The highest BCUT2D eigenvalue weighted by Crippen LogP contribution is 1.96. The van der Waals surface area contributed by atoms with Crippen LogP contribution in [0.2, 0.25) is 0 Å². The van der Waals surface area contributed by atoms with Crippen LogP contribution in [-0.2, 0) is 9.47 Å². The maximum atomic E-state index is 5.24. The molecule has 0 aliphatic carbocycles. The van der Waals surface area contributed by atoms with Crippen molar-refractivity contribution in [3.05, 3.63) is 0 Å². The molecule has 0 bridgehead atoms. The Labute approximate surface area is 48.8 Å². The second-order valence-corrected chi connectivity index (χ2v) is 1.86. The first-order valence-electron chi connectivity index (χ1n) is 2.92. The largest absolute Gasteiger partial charge is 0.376 e. The van der Waals surface area contributed by atoms with Gasteiger partial charge in [-0.2, -0.15) is 0 Å². The monoisotopic (exact) mass is 118 g/mol. The second-order valence-electron chi connectivity index (χ2n) is 1.86. The first-order valence-corrected chi connectivity index (χ1v) is 2.92. The molecule has 1 rings (SSSR count). The molecular formula is C5H12NO2+. The molecule has 0 aromatic rings. The van der Waals surface area contributed by atoms with Crippen LogP contribution < -0.4 is 5.73 Å². The SMILES string of the molecule is [NH3+]C[C@@H]1COCCO1. The number of ether oxygens (including phenoxy) is 2. The van der Waals surface area contributed by atoms with E-state index in [0.717, 1.165) is 26.4 Å². The molecule has 1 heterocycles. The zero-order chi connectivity index (χ0) is 5.82. The Balaban J connectivity index is 2.13. The van der Waals surface area contributed by atoms with Crippen molar-refractivity contribution < 1.29 is 15.2 Å². The molecule has 1 fully saturated rings. The Bertz CT molecular complexity index is 61.4. The molecule has 1 atom stereocenters. The fourth-order valence-corrected chi connectivity index (χ4v) is 0.703. The van der Waals surface area contributed by atoms with Gasteiger partial charge in [0, 0.05) is 0 Å². The normalized spacial score (nSPS) is 30.4. The van der Waals surface area contributed by atoms with Gasteiger partial charge in [-0.3, -0.25) is 0 Å². The molecule has 0 aromatic carbocycles. The second kappa shape index (κ2) is 3.02. The summed E-state index contributed by atoms with van der Waals surface area (Å²) in [6, 6.07) is 0. The zero-order valence-electron chi connectivity index (χ0n) is 4.93. The van der Waals surface area contributed by atoms with Crippen molar-refractivity contribution >= 4 is 0 Å². The van der Waals surface area contributed by atoms with E-state index in [9.17, 15) is 0 Å². The molecule has 1 aliphatic rings. The Morgan fingerprint density at radius 3 is 2.75 bits per heavy atom. The minimum atomic E-state index is 0.253. The smallest absolute Gasteiger partial charge is 0.129 e. The van der Waals surface area contributed by atoms with E-state index in [1.54, 1.807) is 0 Å². The van der Waals surface area contributed by atoms with Crippen molar-refractivity contribution in [2.75, 3.05) is 26.4 Å². The minimum Gasteiger partial charge on any atom is -0.376 e. The maximum absolute atomic E-state index is 5.24. The molecule has 1 saturated heterocycles. The van der Waals surface area contributed by atoms with Crippen molar-refractivity contribution in [3.63, 3.8) is 0 Å². The first kappa shape index (κ1) is 6.01. The van der Waals surface area contributed by atoms with Crippen LogP contribution in [0.4, 0.5) is 0 Å². The molecule has 48 valence electrons. The van der Waals surface area contributed by atoms with Crippen LogP contribution in [0.5, 0.6) is 0 Å². The molecule has 0 radical (unpaired) electrons. The third-order valence-electron chi connectivity index (χ3n) is 1.21. The third kappa shape index (κ3) is 1.43. The van der Waals surface area contributed by atoms with Crippen LogP contribution in [0.1, 0.15) is 0 Å². The van der Waals surface area contributed by atoms with Gasteiger partial charge in [0.05, 0.1) is 19.8 Å². The summed E-state index contributed by atoms with van der Waals surface area (Å²) >= 11 is 0. The van der Waals surface area contributed by atoms with E-state index in [1.807, 2.05) is 0 Å². The highest BCUT2D eigenvalue weighted by Gasteiger charge is 2.12. The summed E-state index contributed by atoms with van der Waals surface area (Å²) in [6.07, 6.45) is 0.253. The molecule has 0 aromatic heterocycles. The van der Waals surface area contributed by atoms with E-state index in [-0.39, 0.29) is 6.10 Å². The summed E-state index contributed by atoms with van der Waals surface area (Å²) in [5.41, 5.74) is 3.70. The Hall–Kier alpha value is -0.120. The molecule has 3 heteroatoms. The number of hydrogen-bond donors (Lipinski definition) is 1. The van der Waals surface area contributed by atoms with Crippen LogP contribution in [0, 0.1) is 0 Å². The summed E-state index contributed by atoms with van der Waals surface area (Å²) in [7, 11) is 0.